The molecule has 1 unspecified atom stereocenters. The predicted molar refractivity (Wildman–Crippen MR) is 94.7 cm³/mol. The molecule has 1 heteroatoms. The van der Waals surface area contributed by atoms with Crippen LogP contribution in [0.2, 0.25) is 0 Å². The zero-order chi connectivity index (χ0) is 15.3. The fourth-order valence-electron chi connectivity index (χ4n) is 2.90. The summed E-state index contributed by atoms with van der Waals surface area (Å²) in [5, 5.41) is 0. The molecular weight excluding hydrogens is 254 g/mol. The van der Waals surface area contributed by atoms with E-state index >= 15 is 0 Å². The van der Waals surface area contributed by atoms with Crippen LogP contribution in [0, 0.1) is 5.92 Å². The maximum Gasteiger partial charge on any atom is -0.00457 e. The molecule has 0 fully saturated rings. The molecule has 1 rings (SSSR count). The Balaban J connectivity index is 2.31. The third-order valence-corrected chi connectivity index (χ3v) is 4.42. The minimum absolute atomic E-state index is 0.660. The van der Waals surface area contributed by atoms with Gasteiger partial charge in [0.1, 0.15) is 0 Å². The van der Waals surface area contributed by atoms with Crippen molar-refractivity contribution in [3.63, 3.8) is 0 Å². The van der Waals surface area contributed by atoms with E-state index in [1.54, 1.807) is 0 Å². The zero-order valence-electron chi connectivity index (χ0n) is 14.2. The highest BCUT2D eigenvalue weighted by molar-refractivity contribution is 5.23. The second-order valence-electron chi connectivity index (χ2n) is 6.43. The molecule has 1 nitrogen and oxygen atoms in total. The van der Waals surface area contributed by atoms with E-state index in [-0.39, 0.29) is 0 Å². The Labute approximate surface area is 132 Å². The Morgan fingerprint density at radius 2 is 1.43 bits per heavy atom. The maximum absolute atomic E-state index is 5.96. The molecule has 0 heterocycles. The summed E-state index contributed by atoms with van der Waals surface area (Å²) in [5.74, 6) is 0.660. The summed E-state index contributed by atoms with van der Waals surface area (Å²) in [5.41, 5.74) is 8.89. The van der Waals surface area contributed by atoms with Crippen molar-refractivity contribution in [1.29, 1.82) is 0 Å². The van der Waals surface area contributed by atoms with Crippen molar-refractivity contribution in [2.75, 3.05) is 6.54 Å². The Kier molecular flexibility index (Phi) is 10.2. The third kappa shape index (κ3) is 8.26. The molecule has 0 bridgehead atoms. The highest BCUT2D eigenvalue weighted by Crippen LogP contribution is 2.17. The van der Waals surface area contributed by atoms with Gasteiger partial charge in [-0.1, -0.05) is 76.6 Å². The smallest absolute Gasteiger partial charge is 0.00457 e. The standard InChI is InChI=1S/C20H35N/c1-3-5-7-8-9-11-20(17-21)16-19-14-12-18(13-15-19)10-6-4-2/h12-15,20H,3-11,16-17,21H2,1-2H3. The highest BCUT2D eigenvalue weighted by Gasteiger charge is 2.07. The molecule has 0 aliphatic heterocycles. The summed E-state index contributed by atoms with van der Waals surface area (Å²) in [6, 6.07) is 9.23. The molecule has 21 heavy (non-hydrogen) atoms. The molecule has 0 amide bonds. The van der Waals surface area contributed by atoms with Crippen molar-refractivity contribution >= 4 is 0 Å². The van der Waals surface area contributed by atoms with Gasteiger partial charge in [0.25, 0.3) is 0 Å². The Bertz CT molecular complexity index is 341. The first kappa shape index (κ1) is 18.2. The summed E-state index contributed by atoms with van der Waals surface area (Å²) >= 11 is 0. The van der Waals surface area contributed by atoms with E-state index in [1.165, 1.54) is 68.9 Å². The van der Waals surface area contributed by atoms with Crippen LogP contribution >= 0.6 is 0 Å². The minimum Gasteiger partial charge on any atom is -0.330 e. The van der Waals surface area contributed by atoms with Gasteiger partial charge in [-0.2, -0.15) is 0 Å². The highest BCUT2D eigenvalue weighted by atomic mass is 14.5. The Morgan fingerprint density at radius 3 is 2.05 bits per heavy atom. The molecule has 120 valence electrons. The van der Waals surface area contributed by atoms with Gasteiger partial charge >= 0.3 is 0 Å². The average molecular weight is 290 g/mol. The molecule has 0 radical (unpaired) electrons. The van der Waals surface area contributed by atoms with Crippen LogP contribution in [0.4, 0.5) is 0 Å². The number of rotatable bonds is 12. The summed E-state index contributed by atoms with van der Waals surface area (Å²) in [4.78, 5) is 0. The van der Waals surface area contributed by atoms with Crippen LogP contribution in [-0.2, 0) is 12.8 Å². The van der Waals surface area contributed by atoms with Gasteiger partial charge in [0.05, 0.1) is 0 Å². The van der Waals surface area contributed by atoms with Crippen molar-refractivity contribution in [1.82, 2.24) is 0 Å². The minimum atomic E-state index is 0.660. The van der Waals surface area contributed by atoms with Gasteiger partial charge in [0, 0.05) is 0 Å². The number of hydrogen-bond acceptors (Lipinski definition) is 1. The van der Waals surface area contributed by atoms with Crippen molar-refractivity contribution in [2.45, 2.75) is 78.1 Å². The van der Waals surface area contributed by atoms with Gasteiger partial charge in [0.2, 0.25) is 0 Å². The van der Waals surface area contributed by atoms with E-state index in [4.69, 9.17) is 5.73 Å². The second-order valence-corrected chi connectivity index (χ2v) is 6.43. The third-order valence-electron chi connectivity index (χ3n) is 4.42. The molecule has 2 N–H and O–H groups in total. The van der Waals surface area contributed by atoms with E-state index in [2.05, 4.69) is 38.1 Å². The van der Waals surface area contributed by atoms with Crippen molar-refractivity contribution in [2.24, 2.45) is 11.7 Å². The lowest BCUT2D eigenvalue weighted by Gasteiger charge is -2.15. The van der Waals surface area contributed by atoms with Gasteiger partial charge in [-0.25, -0.2) is 0 Å². The molecule has 1 aromatic carbocycles. The van der Waals surface area contributed by atoms with Crippen LogP contribution < -0.4 is 5.73 Å². The Hall–Kier alpha value is -0.820. The van der Waals surface area contributed by atoms with Crippen molar-refractivity contribution < 1.29 is 0 Å². The van der Waals surface area contributed by atoms with Crippen LogP contribution in [0.15, 0.2) is 24.3 Å². The molecular formula is C20H35N. The van der Waals surface area contributed by atoms with Crippen LogP contribution in [0.3, 0.4) is 0 Å². The summed E-state index contributed by atoms with van der Waals surface area (Å²) in [6.07, 6.45) is 13.0. The quantitative estimate of drug-likeness (QED) is 0.505. The van der Waals surface area contributed by atoms with Gasteiger partial charge in [-0.3, -0.25) is 0 Å². The zero-order valence-corrected chi connectivity index (χ0v) is 14.2. The van der Waals surface area contributed by atoms with E-state index < -0.39 is 0 Å². The van der Waals surface area contributed by atoms with E-state index in [9.17, 15) is 0 Å². The lowest BCUT2D eigenvalue weighted by Crippen LogP contribution is -2.17. The van der Waals surface area contributed by atoms with Crippen molar-refractivity contribution in [3.8, 4) is 0 Å². The first-order valence-electron chi connectivity index (χ1n) is 9.08. The lowest BCUT2D eigenvalue weighted by atomic mass is 9.93. The molecule has 0 aliphatic rings. The molecule has 1 atom stereocenters. The van der Waals surface area contributed by atoms with Gasteiger partial charge in [-0.15, -0.1) is 0 Å². The largest absolute Gasteiger partial charge is 0.330 e. The fraction of sp³-hybridized carbons (Fsp3) is 0.700. The monoisotopic (exact) mass is 289 g/mol. The summed E-state index contributed by atoms with van der Waals surface area (Å²) in [6.45, 7) is 5.35. The number of nitrogens with two attached hydrogens (primary N) is 1. The first-order valence-corrected chi connectivity index (χ1v) is 9.08. The fourth-order valence-corrected chi connectivity index (χ4v) is 2.90. The molecule has 1 aromatic rings. The SMILES string of the molecule is CCCCCCCC(CN)Cc1ccc(CCCC)cc1. The van der Waals surface area contributed by atoms with Gasteiger partial charge < -0.3 is 5.73 Å². The molecule has 0 aliphatic carbocycles. The van der Waals surface area contributed by atoms with E-state index in [1.807, 2.05) is 0 Å². The summed E-state index contributed by atoms with van der Waals surface area (Å²) in [7, 11) is 0. The number of hydrogen-bond donors (Lipinski definition) is 1. The van der Waals surface area contributed by atoms with Gasteiger partial charge in [-0.05, 0) is 49.3 Å². The number of benzene rings is 1. The normalized spacial score (nSPS) is 12.5. The molecule has 0 saturated carbocycles. The van der Waals surface area contributed by atoms with Crippen molar-refractivity contribution in [3.05, 3.63) is 35.4 Å². The molecule has 0 aromatic heterocycles. The topological polar surface area (TPSA) is 26.0 Å². The second kappa shape index (κ2) is 11.8. The van der Waals surface area contributed by atoms with Crippen LogP contribution in [0.25, 0.3) is 0 Å². The average Bonchev–Trinajstić information content (AvgIpc) is 2.52. The van der Waals surface area contributed by atoms with E-state index in [0.717, 1.165) is 13.0 Å². The number of unbranched alkanes of at least 4 members (excludes halogenated alkanes) is 5. The summed E-state index contributed by atoms with van der Waals surface area (Å²) < 4.78 is 0. The Morgan fingerprint density at radius 1 is 0.810 bits per heavy atom. The number of aryl methyl sites for hydroxylation is 1. The van der Waals surface area contributed by atoms with Crippen LogP contribution in [-0.4, -0.2) is 6.54 Å². The molecule has 0 spiro atoms. The maximum atomic E-state index is 5.96. The molecule has 0 saturated heterocycles. The first-order chi connectivity index (χ1) is 10.3. The van der Waals surface area contributed by atoms with Crippen LogP contribution in [0.1, 0.15) is 76.3 Å². The van der Waals surface area contributed by atoms with E-state index in [0.29, 0.717) is 5.92 Å². The van der Waals surface area contributed by atoms with Crippen LogP contribution in [0.5, 0.6) is 0 Å². The van der Waals surface area contributed by atoms with Gasteiger partial charge in [0.15, 0.2) is 0 Å². The predicted octanol–water partition coefficient (Wildman–Crippen LogP) is 5.51. The lowest BCUT2D eigenvalue weighted by molar-refractivity contribution is 0.458.